The molecule has 2 N–H and O–H groups in total. The van der Waals surface area contributed by atoms with Crippen LogP contribution in [0, 0.1) is 24.6 Å². The third-order valence-electron chi connectivity index (χ3n) is 5.56. The lowest BCUT2D eigenvalue weighted by atomic mass is 9.78. The number of alkyl halides is 3. The predicted octanol–water partition coefficient (Wildman–Crippen LogP) is 4.19. The van der Waals surface area contributed by atoms with E-state index in [0.717, 1.165) is 23.1 Å². The molecular weight excluding hydrogens is 404 g/mol. The number of aromatic amines is 1. The summed E-state index contributed by atoms with van der Waals surface area (Å²) in [6.07, 6.45) is -2.00. The Labute approximate surface area is 171 Å². The second kappa shape index (κ2) is 9.06. The number of fused-ring (bicyclic) bond motifs is 1. The molecule has 1 aromatic carbocycles. The van der Waals surface area contributed by atoms with Gasteiger partial charge in [0.15, 0.2) is 6.61 Å². The molecule has 0 saturated heterocycles. The fourth-order valence-electron chi connectivity index (χ4n) is 4.12. The molecule has 1 fully saturated rings. The van der Waals surface area contributed by atoms with Gasteiger partial charge in [-0.05, 0) is 37.8 Å². The first-order chi connectivity index (χ1) is 14.2. The van der Waals surface area contributed by atoms with Crippen LogP contribution in [-0.2, 0) is 20.7 Å². The summed E-state index contributed by atoms with van der Waals surface area (Å²) in [6.45, 7) is 0.446. The number of aryl methyl sites for hydroxylation is 1. The van der Waals surface area contributed by atoms with E-state index in [1.165, 1.54) is 6.07 Å². The van der Waals surface area contributed by atoms with Crippen molar-refractivity contribution < 1.29 is 31.9 Å². The molecular formula is C21H24F4N2O3. The van der Waals surface area contributed by atoms with Crippen molar-refractivity contribution >= 4 is 22.8 Å². The van der Waals surface area contributed by atoms with Gasteiger partial charge in [0.2, 0.25) is 5.91 Å². The van der Waals surface area contributed by atoms with Crippen molar-refractivity contribution in [1.82, 2.24) is 10.3 Å². The topological polar surface area (TPSA) is 71.2 Å². The average molecular weight is 428 g/mol. The smallest absolute Gasteiger partial charge is 0.422 e. The number of benzene rings is 1. The van der Waals surface area contributed by atoms with Crippen LogP contribution in [0.4, 0.5) is 17.6 Å². The van der Waals surface area contributed by atoms with Crippen LogP contribution >= 0.6 is 0 Å². The van der Waals surface area contributed by atoms with E-state index in [0.29, 0.717) is 31.2 Å². The number of H-pyrrole nitrogens is 1. The summed E-state index contributed by atoms with van der Waals surface area (Å²) in [5.41, 5.74) is 2.10. The van der Waals surface area contributed by atoms with Crippen LogP contribution in [0.1, 0.15) is 36.9 Å². The first-order valence-corrected chi connectivity index (χ1v) is 9.94. The fraction of sp³-hybridized carbons (Fsp3) is 0.524. The van der Waals surface area contributed by atoms with Crippen LogP contribution in [0.15, 0.2) is 18.2 Å². The minimum absolute atomic E-state index is 0.268. The fourth-order valence-corrected chi connectivity index (χ4v) is 4.12. The molecule has 2 aromatic rings. The molecule has 1 saturated carbocycles. The molecule has 0 spiro atoms. The van der Waals surface area contributed by atoms with Crippen molar-refractivity contribution in [2.45, 2.75) is 45.2 Å². The molecule has 0 radical (unpaired) electrons. The highest BCUT2D eigenvalue weighted by molar-refractivity contribution is 5.86. The van der Waals surface area contributed by atoms with Gasteiger partial charge in [0.1, 0.15) is 5.82 Å². The quantitative estimate of drug-likeness (QED) is 0.536. The summed E-state index contributed by atoms with van der Waals surface area (Å²) >= 11 is 0. The van der Waals surface area contributed by atoms with Crippen molar-refractivity contribution in [2.75, 3.05) is 13.2 Å². The number of amides is 1. The Kier molecular flexibility index (Phi) is 6.67. The second-order valence-electron chi connectivity index (χ2n) is 7.65. The molecule has 9 heteroatoms. The third kappa shape index (κ3) is 5.12. The second-order valence-corrected chi connectivity index (χ2v) is 7.65. The summed E-state index contributed by atoms with van der Waals surface area (Å²) < 4.78 is 55.3. The van der Waals surface area contributed by atoms with E-state index in [1.807, 2.05) is 6.92 Å². The number of hydrogen-bond donors (Lipinski definition) is 2. The molecule has 2 unspecified atom stereocenters. The zero-order valence-electron chi connectivity index (χ0n) is 16.6. The molecule has 30 heavy (non-hydrogen) atoms. The Morgan fingerprint density at radius 2 is 1.90 bits per heavy atom. The lowest BCUT2D eigenvalue weighted by Crippen LogP contribution is -2.41. The maximum Gasteiger partial charge on any atom is 0.422 e. The normalized spacial score (nSPS) is 19.6. The molecule has 1 amide bonds. The maximum atomic E-state index is 13.9. The van der Waals surface area contributed by atoms with Crippen molar-refractivity contribution in [2.24, 2.45) is 11.8 Å². The first-order valence-electron chi connectivity index (χ1n) is 9.94. The van der Waals surface area contributed by atoms with Crippen LogP contribution < -0.4 is 5.32 Å². The van der Waals surface area contributed by atoms with E-state index in [9.17, 15) is 27.2 Å². The number of rotatable bonds is 6. The number of carbonyl (C=O) groups is 2. The number of ether oxygens (including phenoxy) is 1. The monoisotopic (exact) mass is 428 g/mol. The first kappa shape index (κ1) is 22.1. The third-order valence-corrected chi connectivity index (χ3v) is 5.56. The molecule has 3 rings (SSSR count). The summed E-state index contributed by atoms with van der Waals surface area (Å²) in [5, 5.41) is 3.52. The summed E-state index contributed by atoms with van der Waals surface area (Å²) in [4.78, 5) is 27.7. The van der Waals surface area contributed by atoms with E-state index in [-0.39, 0.29) is 18.3 Å². The van der Waals surface area contributed by atoms with Crippen LogP contribution in [0.3, 0.4) is 0 Å². The number of halogens is 4. The van der Waals surface area contributed by atoms with Gasteiger partial charge >= 0.3 is 12.1 Å². The maximum absolute atomic E-state index is 13.9. The SMILES string of the molecule is Cc1[nH]c2c(F)cccc2c1CCNC(=O)C1CCCCC1C(=O)OCC(F)(F)F. The number of nitrogens with one attached hydrogen (secondary N) is 2. The molecule has 164 valence electrons. The van der Waals surface area contributed by atoms with Crippen LogP contribution in [0.2, 0.25) is 0 Å². The zero-order valence-corrected chi connectivity index (χ0v) is 16.6. The standard InChI is InChI=1S/C21H24F4N2O3/c1-12-13(14-7-4-8-17(22)18(14)27-12)9-10-26-19(28)15-5-2-3-6-16(15)20(29)30-11-21(23,24)25/h4,7-8,15-16,27H,2-3,5-6,9-11H2,1H3,(H,26,28). The molecule has 0 bridgehead atoms. The lowest BCUT2D eigenvalue weighted by Gasteiger charge is -2.29. The largest absolute Gasteiger partial charge is 0.456 e. The van der Waals surface area contributed by atoms with Gasteiger partial charge in [-0.3, -0.25) is 9.59 Å². The van der Waals surface area contributed by atoms with E-state index in [4.69, 9.17) is 0 Å². The van der Waals surface area contributed by atoms with E-state index >= 15 is 0 Å². The molecule has 1 heterocycles. The van der Waals surface area contributed by atoms with Crippen molar-refractivity contribution in [1.29, 1.82) is 0 Å². The van der Waals surface area contributed by atoms with Gasteiger partial charge in [-0.15, -0.1) is 0 Å². The van der Waals surface area contributed by atoms with Crippen LogP contribution in [0.5, 0.6) is 0 Å². The van der Waals surface area contributed by atoms with Gasteiger partial charge in [0.05, 0.1) is 17.4 Å². The molecule has 1 aliphatic rings. The van der Waals surface area contributed by atoms with Gasteiger partial charge in [-0.1, -0.05) is 25.0 Å². The van der Waals surface area contributed by atoms with Crippen LogP contribution in [-0.4, -0.2) is 36.2 Å². The van der Waals surface area contributed by atoms with Crippen molar-refractivity contribution in [3.63, 3.8) is 0 Å². The Bertz CT molecular complexity index is 923. The highest BCUT2D eigenvalue weighted by Crippen LogP contribution is 2.32. The molecule has 0 aliphatic heterocycles. The summed E-state index contributed by atoms with van der Waals surface area (Å²) in [5.74, 6) is -3.28. The average Bonchev–Trinajstić information content (AvgIpc) is 3.02. The molecule has 1 aromatic heterocycles. The van der Waals surface area contributed by atoms with Gasteiger partial charge in [0.25, 0.3) is 0 Å². The minimum Gasteiger partial charge on any atom is -0.456 e. The van der Waals surface area contributed by atoms with Crippen molar-refractivity contribution in [3.8, 4) is 0 Å². The van der Waals surface area contributed by atoms with Gasteiger partial charge in [0, 0.05) is 17.6 Å². The highest BCUT2D eigenvalue weighted by atomic mass is 19.4. The lowest BCUT2D eigenvalue weighted by molar-refractivity contribution is -0.191. The van der Waals surface area contributed by atoms with E-state index < -0.39 is 30.6 Å². The Hall–Kier alpha value is -2.58. The number of aromatic nitrogens is 1. The number of esters is 1. The summed E-state index contributed by atoms with van der Waals surface area (Å²) in [7, 11) is 0. The summed E-state index contributed by atoms with van der Waals surface area (Å²) in [6, 6.07) is 4.78. The Morgan fingerprint density at radius 1 is 1.20 bits per heavy atom. The highest BCUT2D eigenvalue weighted by Gasteiger charge is 2.38. The molecule has 1 aliphatic carbocycles. The Balaban J connectivity index is 1.60. The Morgan fingerprint density at radius 3 is 2.60 bits per heavy atom. The zero-order chi connectivity index (χ0) is 21.9. The molecule has 2 atom stereocenters. The molecule has 5 nitrogen and oxygen atoms in total. The van der Waals surface area contributed by atoms with Gasteiger partial charge < -0.3 is 15.0 Å². The van der Waals surface area contributed by atoms with Crippen molar-refractivity contribution in [3.05, 3.63) is 35.3 Å². The van der Waals surface area contributed by atoms with Crippen LogP contribution in [0.25, 0.3) is 10.9 Å². The van der Waals surface area contributed by atoms with E-state index in [2.05, 4.69) is 15.0 Å². The number of hydrogen-bond acceptors (Lipinski definition) is 3. The number of para-hydroxylation sites is 1. The van der Waals surface area contributed by atoms with Gasteiger partial charge in [-0.25, -0.2) is 4.39 Å². The van der Waals surface area contributed by atoms with Gasteiger partial charge in [-0.2, -0.15) is 13.2 Å². The minimum atomic E-state index is -4.60. The number of carbonyl (C=O) groups excluding carboxylic acids is 2. The predicted molar refractivity (Wildman–Crippen MR) is 102 cm³/mol. The van der Waals surface area contributed by atoms with E-state index in [1.54, 1.807) is 12.1 Å².